The van der Waals surface area contributed by atoms with Gasteiger partial charge in [0.25, 0.3) is 0 Å². The van der Waals surface area contributed by atoms with Crippen LogP contribution in [-0.2, 0) is 15.6 Å². The summed E-state index contributed by atoms with van der Waals surface area (Å²) >= 11 is 6.72. The highest BCUT2D eigenvalue weighted by Crippen LogP contribution is 2.36. The molecule has 0 spiro atoms. The van der Waals surface area contributed by atoms with Crippen LogP contribution in [0, 0.1) is 11.3 Å². The fourth-order valence-corrected chi connectivity index (χ4v) is 4.98. The molecule has 0 radical (unpaired) electrons. The minimum atomic E-state index is -1.33. The molecule has 0 bridgehead atoms. The zero-order valence-corrected chi connectivity index (χ0v) is 19.9. The van der Waals surface area contributed by atoms with Crippen LogP contribution in [0.1, 0.15) is 47.1 Å². The van der Waals surface area contributed by atoms with Gasteiger partial charge in [0.2, 0.25) is 0 Å². The number of hydrogen-bond donors (Lipinski definition) is 1. The van der Waals surface area contributed by atoms with Gasteiger partial charge in [0.05, 0.1) is 0 Å². The Labute approximate surface area is 171 Å². The maximum absolute atomic E-state index is 12.5. The molecule has 1 rings (SSSR count). The summed E-state index contributed by atoms with van der Waals surface area (Å²) in [6.45, 7) is 16.2. The number of benzene rings is 1. The van der Waals surface area contributed by atoms with Crippen LogP contribution in [0.25, 0.3) is 0 Å². The van der Waals surface area contributed by atoms with Crippen LogP contribution in [0.4, 0.5) is 4.79 Å². The normalized spacial score (nSPS) is 15.9. The van der Waals surface area contributed by atoms with Gasteiger partial charge in [0, 0.05) is 12.0 Å². The lowest BCUT2D eigenvalue weighted by atomic mass is 9.75. The number of carbonyl (C=O) groups excluding carboxylic acids is 1. The summed E-state index contributed by atoms with van der Waals surface area (Å²) in [5.41, 5.74) is -0.0522. The van der Waals surface area contributed by atoms with Gasteiger partial charge in [-0.15, -0.1) is 0 Å². The summed E-state index contributed by atoms with van der Waals surface area (Å²) in [5, 5.41) is 3.07. The molecular weight excluding hydrogens is 378 g/mol. The Bertz CT molecular complexity index is 581. The Morgan fingerprint density at radius 2 is 1.67 bits per heavy atom. The monoisotopic (exact) mass is 413 g/mol. The number of amides is 1. The Morgan fingerprint density at radius 1 is 1.11 bits per heavy atom. The number of nitrogens with one attached hydrogen (secondary N) is 1. The van der Waals surface area contributed by atoms with E-state index < -0.39 is 26.3 Å². The molecule has 0 aromatic heterocycles. The molecule has 3 atom stereocenters. The van der Waals surface area contributed by atoms with Crippen LogP contribution in [0.2, 0.25) is 13.1 Å². The summed E-state index contributed by atoms with van der Waals surface area (Å²) in [5.74, 6) is -0.0817. The summed E-state index contributed by atoms with van der Waals surface area (Å²) < 4.78 is 11.6. The number of rotatable bonds is 7. The van der Waals surface area contributed by atoms with Crippen molar-refractivity contribution in [1.29, 1.82) is 0 Å². The third-order valence-corrected chi connectivity index (χ3v) is 5.50. The lowest BCUT2D eigenvalue weighted by Crippen LogP contribution is -2.52. The summed E-state index contributed by atoms with van der Waals surface area (Å²) in [6.07, 6.45) is 0.233. The minimum Gasteiger partial charge on any atom is -0.444 e. The molecule has 1 aromatic rings. The molecule has 1 aromatic carbocycles. The molecule has 1 N–H and O–H groups in total. The molecule has 1 amide bonds. The van der Waals surface area contributed by atoms with Crippen LogP contribution >= 0.6 is 11.6 Å². The smallest absolute Gasteiger partial charge is 0.407 e. The van der Waals surface area contributed by atoms with Crippen molar-refractivity contribution < 1.29 is 14.0 Å². The van der Waals surface area contributed by atoms with Crippen molar-refractivity contribution in [2.24, 2.45) is 11.3 Å². The van der Waals surface area contributed by atoms with E-state index in [4.69, 9.17) is 20.8 Å². The predicted octanol–water partition coefficient (Wildman–Crippen LogP) is 5.35. The molecule has 0 heterocycles. The quantitative estimate of drug-likeness (QED) is 0.484. The van der Waals surface area contributed by atoms with Crippen LogP contribution < -0.4 is 5.32 Å². The molecule has 0 aliphatic rings. The van der Waals surface area contributed by atoms with Crippen molar-refractivity contribution in [2.75, 3.05) is 0 Å². The van der Waals surface area contributed by atoms with Crippen molar-refractivity contribution in [1.82, 2.24) is 5.32 Å². The van der Waals surface area contributed by atoms with E-state index in [9.17, 15) is 4.79 Å². The lowest BCUT2D eigenvalue weighted by molar-refractivity contribution is 0.0374. The highest BCUT2D eigenvalue weighted by molar-refractivity contribution is 6.49. The van der Waals surface area contributed by atoms with Crippen molar-refractivity contribution >= 4 is 26.7 Å². The topological polar surface area (TPSA) is 47.6 Å². The number of carbonyl (C=O) groups is 1. The fourth-order valence-electron chi connectivity index (χ4n) is 3.12. The molecule has 6 heteroatoms. The highest BCUT2D eigenvalue weighted by atomic mass is 35.5. The summed E-state index contributed by atoms with van der Waals surface area (Å²) in [7, 11) is -1.33. The first kappa shape index (κ1) is 24.0. The molecule has 0 aliphatic heterocycles. The van der Waals surface area contributed by atoms with Gasteiger partial charge in [-0.25, -0.2) is 4.79 Å². The van der Waals surface area contributed by atoms with Gasteiger partial charge in [-0.2, -0.15) is 0 Å². The zero-order valence-electron chi connectivity index (χ0n) is 18.0. The second-order valence-corrected chi connectivity index (χ2v) is 12.2. The molecule has 1 unspecified atom stereocenters. The first-order valence-electron chi connectivity index (χ1n) is 9.62. The molecule has 27 heavy (non-hydrogen) atoms. The van der Waals surface area contributed by atoms with Crippen molar-refractivity contribution in [3.63, 3.8) is 0 Å². The number of ether oxygens (including phenoxy) is 1. The fraction of sp³-hybridized carbons (Fsp3) is 0.667. The molecule has 0 saturated carbocycles. The predicted molar refractivity (Wildman–Crippen MR) is 116 cm³/mol. The molecule has 0 fully saturated rings. The van der Waals surface area contributed by atoms with E-state index in [-0.39, 0.29) is 17.4 Å². The zero-order chi connectivity index (χ0) is 20.8. The number of halogens is 1. The molecule has 0 saturated heterocycles. The third-order valence-electron chi connectivity index (χ3n) is 4.12. The van der Waals surface area contributed by atoms with Gasteiger partial charge in [-0.1, -0.05) is 62.7 Å². The molecule has 154 valence electrons. The van der Waals surface area contributed by atoms with Crippen molar-refractivity contribution in [3.05, 3.63) is 35.9 Å². The van der Waals surface area contributed by atoms with Crippen molar-refractivity contribution in [2.45, 2.75) is 78.3 Å². The maximum Gasteiger partial charge on any atom is 0.407 e. The number of alkyl halides is 1. The Kier molecular flexibility index (Phi) is 8.84. The number of hydrogen-bond acceptors (Lipinski definition) is 3. The van der Waals surface area contributed by atoms with E-state index in [1.165, 1.54) is 0 Å². The van der Waals surface area contributed by atoms with Gasteiger partial charge in [0.1, 0.15) is 11.2 Å². The molecule has 4 nitrogen and oxygen atoms in total. The SMILES string of the molecule is C[SiH](C)OC(Cl)[C@H]([C@H](Cc1ccccc1)NC(=O)OC(C)(C)C)C(C)(C)C. The van der Waals surface area contributed by atoms with Gasteiger partial charge in [0.15, 0.2) is 9.04 Å². The standard InChI is InChI=1S/C21H36ClNO3Si/c1-20(2,3)17(18(22)26-27(7)8)16(14-15-12-10-9-11-13-15)23-19(24)25-21(4,5)6/h9-13,16-18,27H,14H2,1-8H3,(H,23,24)/t16-,17-,18?/m0/s1. The molecule has 0 aliphatic carbocycles. The average molecular weight is 414 g/mol. The largest absolute Gasteiger partial charge is 0.444 e. The maximum atomic E-state index is 12.5. The number of alkyl carbamates (subject to hydrolysis) is 1. The third kappa shape index (κ3) is 9.13. The summed E-state index contributed by atoms with van der Waals surface area (Å²) in [4.78, 5) is 12.5. The van der Waals surface area contributed by atoms with Crippen LogP contribution in [0.5, 0.6) is 0 Å². The van der Waals surface area contributed by atoms with Crippen LogP contribution in [0.15, 0.2) is 30.3 Å². The Hall–Kier alpha value is -1.04. The van der Waals surface area contributed by atoms with E-state index >= 15 is 0 Å². The molecular formula is C21H36ClNO3Si. The van der Waals surface area contributed by atoms with E-state index in [0.717, 1.165) is 5.56 Å². The van der Waals surface area contributed by atoms with Gasteiger partial charge >= 0.3 is 6.09 Å². The first-order chi connectivity index (χ1) is 12.3. The van der Waals surface area contributed by atoms with Gasteiger partial charge in [-0.05, 0) is 51.3 Å². The van der Waals surface area contributed by atoms with Gasteiger partial charge < -0.3 is 14.5 Å². The summed E-state index contributed by atoms with van der Waals surface area (Å²) in [6, 6.07) is 9.90. The first-order valence-corrected chi connectivity index (χ1v) is 12.8. The van der Waals surface area contributed by atoms with E-state index in [0.29, 0.717) is 6.42 Å². The average Bonchev–Trinajstić information content (AvgIpc) is 2.43. The second kappa shape index (κ2) is 9.94. The van der Waals surface area contributed by atoms with E-state index in [1.54, 1.807) is 0 Å². The van der Waals surface area contributed by atoms with E-state index in [2.05, 4.69) is 51.3 Å². The van der Waals surface area contributed by atoms with Crippen LogP contribution in [-0.4, -0.2) is 32.3 Å². The minimum absolute atomic E-state index is 0.0817. The Morgan fingerprint density at radius 3 is 2.11 bits per heavy atom. The van der Waals surface area contributed by atoms with Gasteiger partial charge in [-0.3, -0.25) is 0 Å². The highest BCUT2D eigenvalue weighted by Gasteiger charge is 2.40. The van der Waals surface area contributed by atoms with E-state index in [1.807, 2.05) is 39.0 Å². The lowest BCUT2D eigenvalue weighted by Gasteiger charge is -2.41. The van der Waals surface area contributed by atoms with Crippen molar-refractivity contribution in [3.8, 4) is 0 Å². The second-order valence-electron chi connectivity index (χ2n) is 9.37. The Balaban J connectivity index is 3.15. The van der Waals surface area contributed by atoms with Crippen LogP contribution in [0.3, 0.4) is 0 Å².